The van der Waals surface area contributed by atoms with E-state index >= 15 is 0 Å². The number of H-pyrrole nitrogens is 1. The van der Waals surface area contributed by atoms with E-state index < -0.39 is 5.41 Å². The molecule has 0 fully saturated rings. The molecule has 3 N–H and O–H groups in total. The molecule has 2 aromatic rings. The van der Waals surface area contributed by atoms with E-state index in [9.17, 15) is 14.4 Å². The molecule has 0 saturated carbocycles. The maximum atomic E-state index is 12.1. The fourth-order valence-electron chi connectivity index (χ4n) is 2.24. The topological polar surface area (TPSA) is 104 Å². The molecule has 0 bridgehead atoms. The highest BCUT2D eigenvalue weighted by Gasteiger charge is 2.20. The van der Waals surface area contributed by atoms with E-state index in [-0.39, 0.29) is 30.3 Å². The molecule has 2 rings (SSSR count). The van der Waals surface area contributed by atoms with Gasteiger partial charge in [0, 0.05) is 41.4 Å². The van der Waals surface area contributed by atoms with Crippen LogP contribution in [0.1, 0.15) is 32.9 Å². The molecule has 0 aliphatic heterocycles. The van der Waals surface area contributed by atoms with Crippen molar-refractivity contribution in [3.05, 3.63) is 46.4 Å². The Balaban J connectivity index is 1.99. The summed E-state index contributed by atoms with van der Waals surface area (Å²) >= 11 is 0. The number of amides is 2. The van der Waals surface area contributed by atoms with Gasteiger partial charge in [-0.05, 0) is 19.1 Å². The first-order valence-corrected chi connectivity index (χ1v) is 8.42. The largest absolute Gasteiger partial charge is 0.355 e. The maximum absolute atomic E-state index is 12.1. The number of aromatic amines is 1. The van der Waals surface area contributed by atoms with Crippen molar-refractivity contribution >= 4 is 17.5 Å². The van der Waals surface area contributed by atoms with Crippen LogP contribution < -0.4 is 16.2 Å². The summed E-state index contributed by atoms with van der Waals surface area (Å²) in [6.45, 7) is 7.47. The van der Waals surface area contributed by atoms with Crippen molar-refractivity contribution in [2.24, 2.45) is 5.41 Å². The number of anilines is 1. The lowest BCUT2D eigenvalue weighted by atomic mass is 9.96. The van der Waals surface area contributed by atoms with Crippen molar-refractivity contribution in [3.63, 3.8) is 0 Å². The lowest BCUT2D eigenvalue weighted by Gasteiger charge is -2.17. The Hall–Kier alpha value is -2.96. The molecule has 7 heteroatoms. The molecule has 0 spiro atoms. The summed E-state index contributed by atoms with van der Waals surface area (Å²) in [4.78, 5) is 42.4. The summed E-state index contributed by atoms with van der Waals surface area (Å²) < 4.78 is 0. The monoisotopic (exact) mass is 356 g/mol. The number of nitrogens with zero attached hydrogens (tertiary/aromatic N) is 1. The number of benzene rings is 1. The predicted octanol–water partition coefficient (Wildman–Crippen LogP) is 2.24. The standard InChI is InChI=1S/C19H24N4O3/c1-12-10-16(25)23-17(21-12)13-6-5-7-14(11-13)22-15(24)8-9-20-18(26)19(2,3)4/h5-7,10-11H,8-9H2,1-4H3,(H,20,26)(H,22,24)(H,21,23,25). The van der Waals surface area contributed by atoms with Gasteiger partial charge in [0.2, 0.25) is 11.8 Å². The van der Waals surface area contributed by atoms with Crippen LogP contribution in [0.4, 0.5) is 5.69 Å². The zero-order valence-electron chi connectivity index (χ0n) is 15.5. The van der Waals surface area contributed by atoms with Gasteiger partial charge in [0.1, 0.15) is 5.82 Å². The van der Waals surface area contributed by atoms with Crippen molar-refractivity contribution in [1.29, 1.82) is 0 Å². The normalized spacial score (nSPS) is 11.1. The fourth-order valence-corrected chi connectivity index (χ4v) is 2.24. The van der Waals surface area contributed by atoms with E-state index in [4.69, 9.17) is 0 Å². The van der Waals surface area contributed by atoms with E-state index in [2.05, 4.69) is 20.6 Å². The van der Waals surface area contributed by atoms with Gasteiger partial charge in [-0.2, -0.15) is 0 Å². The second-order valence-corrected chi connectivity index (χ2v) is 7.12. The highest BCUT2D eigenvalue weighted by Crippen LogP contribution is 2.19. The van der Waals surface area contributed by atoms with Crippen LogP contribution >= 0.6 is 0 Å². The average molecular weight is 356 g/mol. The third-order valence-electron chi connectivity index (χ3n) is 3.61. The SMILES string of the molecule is Cc1cc(=O)[nH]c(-c2cccc(NC(=O)CCNC(=O)C(C)(C)C)c2)n1. The van der Waals surface area contributed by atoms with Crippen molar-refractivity contribution in [2.75, 3.05) is 11.9 Å². The molecule has 1 aromatic heterocycles. The lowest BCUT2D eigenvalue weighted by molar-refractivity contribution is -0.128. The summed E-state index contributed by atoms with van der Waals surface area (Å²) in [6.07, 6.45) is 0.172. The van der Waals surface area contributed by atoms with Crippen LogP contribution in [-0.2, 0) is 9.59 Å². The maximum Gasteiger partial charge on any atom is 0.251 e. The van der Waals surface area contributed by atoms with Gasteiger partial charge >= 0.3 is 0 Å². The minimum atomic E-state index is -0.484. The predicted molar refractivity (Wildman–Crippen MR) is 101 cm³/mol. The molecule has 0 aliphatic carbocycles. The molecular weight excluding hydrogens is 332 g/mol. The average Bonchev–Trinajstić information content (AvgIpc) is 2.53. The van der Waals surface area contributed by atoms with E-state index in [0.717, 1.165) is 0 Å². The molecule has 0 aliphatic rings. The molecule has 0 atom stereocenters. The Kier molecular flexibility index (Phi) is 5.92. The van der Waals surface area contributed by atoms with Crippen molar-refractivity contribution in [2.45, 2.75) is 34.1 Å². The summed E-state index contributed by atoms with van der Waals surface area (Å²) in [5.74, 6) is 0.146. The van der Waals surface area contributed by atoms with Crippen molar-refractivity contribution in [1.82, 2.24) is 15.3 Å². The fraction of sp³-hybridized carbons (Fsp3) is 0.368. The second-order valence-electron chi connectivity index (χ2n) is 7.12. The highest BCUT2D eigenvalue weighted by molar-refractivity contribution is 5.92. The number of hydrogen-bond acceptors (Lipinski definition) is 4. The van der Waals surface area contributed by atoms with Gasteiger partial charge in [-0.3, -0.25) is 14.4 Å². The number of aromatic nitrogens is 2. The van der Waals surface area contributed by atoms with Gasteiger partial charge in [-0.1, -0.05) is 32.9 Å². The number of nitrogens with one attached hydrogen (secondary N) is 3. The van der Waals surface area contributed by atoms with Crippen LogP contribution in [0.3, 0.4) is 0 Å². The third kappa shape index (κ3) is 5.54. The first-order chi connectivity index (χ1) is 12.1. The summed E-state index contributed by atoms with van der Waals surface area (Å²) in [6, 6.07) is 8.49. The van der Waals surface area contributed by atoms with Crippen LogP contribution in [0.2, 0.25) is 0 Å². The van der Waals surface area contributed by atoms with Gasteiger partial charge in [-0.15, -0.1) is 0 Å². The van der Waals surface area contributed by atoms with Crippen LogP contribution in [0, 0.1) is 12.3 Å². The lowest BCUT2D eigenvalue weighted by Crippen LogP contribution is -2.36. The summed E-state index contributed by atoms with van der Waals surface area (Å²) in [7, 11) is 0. The van der Waals surface area contributed by atoms with E-state index in [0.29, 0.717) is 22.8 Å². The van der Waals surface area contributed by atoms with Gasteiger partial charge in [0.25, 0.3) is 5.56 Å². The Bertz CT molecular complexity index is 866. The van der Waals surface area contributed by atoms with E-state index in [1.54, 1.807) is 31.2 Å². The van der Waals surface area contributed by atoms with Crippen molar-refractivity contribution < 1.29 is 9.59 Å². The molecule has 0 saturated heterocycles. The van der Waals surface area contributed by atoms with Gasteiger partial charge in [0.05, 0.1) is 0 Å². The van der Waals surface area contributed by atoms with Crippen LogP contribution in [-0.4, -0.2) is 28.3 Å². The molecule has 138 valence electrons. The summed E-state index contributed by atoms with van der Waals surface area (Å²) in [5, 5.41) is 5.52. The van der Waals surface area contributed by atoms with Crippen LogP contribution in [0.25, 0.3) is 11.4 Å². The number of carbonyl (C=O) groups is 2. The van der Waals surface area contributed by atoms with E-state index in [1.165, 1.54) is 6.07 Å². The molecular formula is C19H24N4O3. The summed E-state index contributed by atoms with van der Waals surface area (Å²) in [5.41, 5.74) is 1.20. The number of rotatable bonds is 5. The first kappa shape index (κ1) is 19.4. The van der Waals surface area contributed by atoms with Crippen molar-refractivity contribution in [3.8, 4) is 11.4 Å². The molecule has 1 aromatic carbocycles. The molecule has 2 amide bonds. The quantitative estimate of drug-likeness (QED) is 0.764. The Morgan fingerprint density at radius 3 is 2.58 bits per heavy atom. The number of hydrogen-bond donors (Lipinski definition) is 3. The minimum Gasteiger partial charge on any atom is -0.355 e. The molecule has 0 radical (unpaired) electrons. The van der Waals surface area contributed by atoms with Gasteiger partial charge in [0.15, 0.2) is 0 Å². The zero-order chi connectivity index (χ0) is 19.3. The smallest absolute Gasteiger partial charge is 0.251 e. The zero-order valence-corrected chi connectivity index (χ0v) is 15.5. The number of carbonyl (C=O) groups excluding carboxylic acids is 2. The van der Waals surface area contributed by atoms with Gasteiger partial charge < -0.3 is 15.6 Å². The van der Waals surface area contributed by atoms with Gasteiger partial charge in [-0.25, -0.2) is 4.98 Å². The highest BCUT2D eigenvalue weighted by atomic mass is 16.2. The minimum absolute atomic E-state index is 0.0956. The second kappa shape index (κ2) is 7.95. The molecule has 0 unspecified atom stereocenters. The molecule has 7 nitrogen and oxygen atoms in total. The number of aryl methyl sites for hydroxylation is 1. The Morgan fingerprint density at radius 1 is 1.19 bits per heavy atom. The first-order valence-electron chi connectivity index (χ1n) is 8.42. The Morgan fingerprint density at radius 2 is 1.92 bits per heavy atom. The van der Waals surface area contributed by atoms with Crippen LogP contribution in [0.5, 0.6) is 0 Å². The van der Waals surface area contributed by atoms with Crippen LogP contribution in [0.15, 0.2) is 35.1 Å². The molecule has 1 heterocycles. The third-order valence-corrected chi connectivity index (χ3v) is 3.61. The Labute approximate surface area is 152 Å². The van der Waals surface area contributed by atoms with E-state index in [1.807, 2.05) is 20.8 Å². The molecule has 26 heavy (non-hydrogen) atoms.